The minimum Gasteiger partial charge on any atom is -0.450 e. The molecule has 0 saturated heterocycles. The highest BCUT2D eigenvalue weighted by molar-refractivity contribution is 5.88. The maximum absolute atomic E-state index is 11.2. The zero-order valence-electron chi connectivity index (χ0n) is 9.67. The van der Waals surface area contributed by atoms with Gasteiger partial charge in [0.25, 0.3) is 0 Å². The lowest BCUT2D eigenvalue weighted by atomic mass is 9.80. The Morgan fingerprint density at radius 1 is 1.47 bits per heavy atom. The van der Waals surface area contributed by atoms with Crippen molar-refractivity contribution in [2.45, 2.75) is 51.7 Å². The lowest BCUT2D eigenvalue weighted by molar-refractivity contribution is -0.147. The highest BCUT2D eigenvalue weighted by atomic mass is 16.6. The van der Waals surface area contributed by atoms with Crippen molar-refractivity contribution in [1.29, 1.82) is 0 Å². The predicted molar refractivity (Wildman–Crippen MR) is 58.9 cm³/mol. The molecule has 0 bridgehead atoms. The molecule has 1 fully saturated rings. The normalized spacial score (nSPS) is 18.4. The number of hydrogen-bond acceptors (Lipinski definition) is 3. The number of carbonyl (C=O) groups excluding carboxylic acids is 1. The molecule has 3 heteroatoms. The molecule has 0 aromatic carbocycles. The van der Waals surface area contributed by atoms with E-state index in [1.165, 1.54) is 6.42 Å². The van der Waals surface area contributed by atoms with Gasteiger partial charge in [-0.2, -0.15) is 0 Å². The fraction of sp³-hybridized carbons (Fsp3) is 0.750. The summed E-state index contributed by atoms with van der Waals surface area (Å²) in [6.07, 6.45) is 3.49. The van der Waals surface area contributed by atoms with Gasteiger partial charge in [-0.25, -0.2) is 4.79 Å². The van der Waals surface area contributed by atoms with Crippen LogP contribution in [0, 0.1) is 17.8 Å². The third-order valence-corrected chi connectivity index (χ3v) is 2.40. The van der Waals surface area contributed by atoms with Gasteiger partial charge in [-0.05, 0) is 39.5 Å². The van der Waals surface area contributed by atoms with Gasteiger partial charge >= 0.3 is 5.97 Å². The minimum absolute atomic E-state index is 0.175. The van der Waals surface area contributed by atoms with E-state index in [0.29, 0.717) is 5.92 Å². The molecule has 84 valence electrons. The average Bonchev–Trinajstić information content (AvgIpc) is 1.94. The van der Waals surface area contributed by atoms with Gasteiger partial charge in [0.1, 0.15) is 5.60 Å². The van der Waals surface area contributed by atoms with Gasteiger partial charge < -0.3 is 10.5 Å². The average molecular weight is 209 g/mol. The quantitative estimate of drug-likeness (QED) is 0.404. The van der Waals surface area contributed by atoms with Crippen LogP contribution in [0.5, 0.6) is 0 Å². The van der Waals surface area contributed by atoms with E-state index in [-0.39, 0.29) is 6.04 Å². The topological polar surface area (TPSA) is 52.3 Å². The maximum atomic E-state index is 11.2. The highest BCUT2D eigenvalue weighted by Gasteiger charge is 2.23. The second kappa shape index (κ2) is 4.67. The SMILES string of the molecule is CC(C)(C)OC(=O)C#CC(N)C1CCC1. The second-order valence-corrected chi connectivity index (χ2v) is 4.99. The van der Waals surface area contributed by atoms with Crippen LogP contribution in [0.4, 0.5) is 0 Å². The van der Waals surface area contributed by atoms with Crippen molar-refractivity contribution in [1.82, 2.24) is 0 Å². The van der Waals surface area contributed by atoms with Crippen molar-refractivity contribution in [3.63, 3.8) is 0 Å². The van der Waals surface area contributed by atoms with Crippen molar-refractivity contribution in [2.75, 3.05) is 0 Å². The zero-order chi connectivity index (χ0) is 11.5. The van der Waals surface area contributed by atoms with Gasteiger partial charge in [0, 0.05) is 5.92 Å². The van der Waals surface area contributed by atoms with Gasteiger partial charge in [0.05, 0.1) is 6.04 Å². The number of ether oxygens (including phenoxy) is 1. The van der Waals surface area contributed by atoms with Crippen molar-refractivity contribution >= 4 is 5.97 Å². The molecule has 2 N–H and O–H groups in total. The van der Waals surface area contributed by atoms with E-state index in [4.69, 9.17) is 10.5 Å². The first kappa shape index (κ1) is 12.1. The first-order valence-corrected chi connectivity index (χ1v) is 5.38. The summed E-state index contributed by atoms with van der Waals surface area (Å²) in [4.78, 5) is 11.2. The van der Waals surface area contributed by atoms with Crippen molar-refractivity contribution in [3.05, 3.63) is 0 Å². The highest BCUT2D eigenvalue weighted by Crippen LogP contribution is 2.28. The van der Waals surface area contributed by atoms with E-state index in [9.17, 15) is 4.79 Å². The Kier molecular flexibility index (Phi) is 3.76. The van der Waals surface area contributed by atoms with Gasteiger partial charge in [0.15, 0.2) is 0 Å². The Hall–Kier alpha value is -1.01. The van der Waals surface area contributed by atoms with E-state index in [0.717, 1.165) is 12.8 Å². The lowest BCUT2D eigenvalue weighted by Crippen LogP contribution is -2.33. The molecule has 0 amide bonds. The third kappa shape index (κ3) is 4.35. The Bertz CT molecular complexity index is 289. The lowest BCUT2D eigenvalue weighted by Gasteiger charge is -2.27. The van der Waals surface area contributed by atoms with Crippen molar-refractivity contribution in [3.8, 4) is 11.8 Å². The van der Waals surface area contributed by atoms with Crippen LogP contribution >= 0.6 is 0 Å². The molecule has 0 heterocycles. The van der Waals surface area contributed by atoms with E-state index >= 15 is 0 Å². The van der Waals surface area contributed by atoms with Gasteiger partial charge in [-0.3, -0.25) is 0 Å². The number of rotatable bonds is 1. The van der Waals surface area contributed by atoms with Gasteiger partial charge in [-0.1, -0.05) is 12.3 Å². The van der Waals surface area contributed by atoms with Crippen molar-refractivity contribution < 1.29 is 9.53 Å². The molecule has 0 aromatic rings. The summed E-state index contributed by atoms with van der Waals surface area (Å²) in [7, 11) is 0. The smallest absolute Gasteiger partial charge is 0.384 e. The molecule has 0 spiro atoms. The molecule has 0 aromatic heterocycles. The molecule has 15 heavy (non-hydrogen) atoms. The molecule has 0 aliphatic heterocycles. The summed E-state index contributed by atoms with van der Waals surface area (Å²) in [6, 6.07) is -0.175. The molecular formula is C12H19NO2. The zero-order valence-corrected chi connectivity index (χ0v) is 9.67. The van der Waals surface area contributed by atoms with Gasteiger partial charge in [-0.15, -0.1) is 0 Å². The monoisotopic (exact) mass is 209 g/mol. The molecule has 1 saturated carbocycles. The molecule has 3 nitrogen and oxygen atoms in total. The molecule has 0 radical (unpaired) electrons. The summed E-state index contributed by atoms with van der Waals surface area (Å²) in [5.74, 6) is 5.20. The third-order valence-electron chi connectivity index (χ3n) is 2.40. The Morgan fingerprint density at radius 3 is 2.47 bits per heavy atom. The molecule has 1 aliphatic carbocycles. The fourth-order valence-corrected chi connectivity index (χ4v) is 1.36. The fourth-order valence-electron chi connectivity index (χ4n) is 1.36. The van der Waals surface area contributed by atoms with Crippen LogP contribution in [-0.2, 0) is 9.53 Å². The van der Waals surface area contributed by atoms with Crippen LogP contribution in [0.15, 0.2) is 0 Å². The van der Waals surface area contributed by atoms with Crippen molar-refractivity contribution in [2.24, 2.45) is 11.7 Å². The summed E-state index contributed by atoms with van der Waals surface area (Å²) in [6.45, 7) is 5.45. The summed E-state index contributed by atoms with van der Waals surface area (Å²) in [5.41, 5.74) is 5.33. The predicted octanol–water partition coefficient (Wildman–Crippen LogP) is 1.46. The number of carbonyl (C=O) groups is 1. The number of esters is 1. The van der Waals surface area contributed by atoms with Crippen LogP contribution in [0.3, 0.4) is 0 Å². The number of nitrogens with two attached hydrogens (primary N) is 1. The van der Waals surface area contributed by atoms with E-state index in [1.54, 1.807) is 0 Å². The van der Waals surface area contributed by atoms with Gasteiger partial charge in [0.2, 0.25) is 0 Å². The van der Waals surface area contributed by atoms with E-state index in [2.05, 4.69) is 11.8 Å². The van der Waals surface area contributed by atoms with Crippen LogP contribution in [-0.4, -0.2) is 17.6 Å². The largest absolute Gasteiger partial charge is 0.450 e. The summed E-state index contributed by atoms with van der Waals surface area (Å²) >= 11 is 0. The molecule has 1 aliphatic rings. The summed E-state index contributed by atoms with van der Waals surface area (Å²) < 4.78 is 5.05. The summed E-state index contributed by atoms with van der Waals surface area (Å²) in [5, 5.41) is 0. The Balaban J connectivity index is 2.39. The molecular weight excluding hydrogens is 190 g/mol. The minimum atomic E-state index is -0.489. The van der Waals surface area contributed by atoms with Crippen LogP contribution in [0.2, 0.25) is 0 Å². The molecule has 1 rings (SSSR count). The van der Waals surface area contributed by atoms with E-state index < -0.39 is 11.6 Å². The van der Waals surface area contributed by atoms with E-state index in [1.807, 2.05) is 20.8 Å². The second-order valence-electron chi connectivity index (χ2n) is 4.99. The number of hydrogen-bond donors (Lipinski definition) is 1. The first-order chi connectivity index (χ1) is 6.88. The van der Waals surface area contributed by atoms with Crippen LogP contribution < -0.4 is 5.73 Å². The molecule has 1 atom stereocenters. The van der Waals surface area contributed by atoms with Crippen LogP contribution in [0.1, 0.15) is 40.0 Å². The Labute approximate surface area is 91.4 Å². The maximum Gasteiger partial charge on any atom is 0.384 e. The molecule has 1 unspecified atom stereocenters. The van der Waals surface area contributed by atoms with Crippen LogP contribution in [0.25, 0.3) is 0 Å². The standard InChI is InChI=1S/C12H19NO2/c1-12(2,3)15-11(14)8-7-10(13)9-5-4-6-9/h9-10H,4-6,13H2,1-3H3. The Morgan fingerprint density at radius 2 is 2.07 bits per heavy atom. The first-order valence-electron chi connectivity index (χ1n) is 5.38.